The van der Waals surface area contributed by atoms with Crippen LogP contribution in [0.25, 0.3) is 0 Å². The molecule has 0 bridgehead atoms. The van der Waals surface area contributed by atoms with Crippen LogP contribution in [0, 0.1) is 13.8 Å². The standard InChI is InChI=1S/C11H18N2O2/c1-4-5-6-15-7-11(14)13-8-12-9(2)10(13)3/h8H,4-7H2,1-3H3. The van der Waals surface area contributed by atoms with Crippen molar-refractivity contribution in [1.29, 1.82) is 0 Å². The van der Waals surface area contributed by atoms with Gasteiger partial charge in [0.15, 0.2) is 0 Å². The van der Waals surface area contributed by atoms with Crippen molar-refractivity contribution in [1.82, 2.24) is 9.55 Å². The number of hydrogen-bond acceptors (Lipinski definition) is 3. The quantitative estimate of drug-likeness (QED) is 0.698. The number of hydrogen-bond donors (Lipinski definition) is 0. The summed E-state index contributed by atoms with van der Waals surface area (Å²) < 4.78 is 6.80. The van der Waals surface area contributed by atoms with E-state index < -0.39 is 0 Å². The minimum Gasteiger partial charge on any atom is -0.372 e. The molecule has 0 aliphatic heterocycles. The second kappa shape index (κ2) is 5.66. The number of ether oxygens (including phenoxy) is 1. The van der Waals surface area contributed by atoms with Gasteiger partial charge in [-0.25, -0.2) is 4.98 Å². The first-order valence-corrected chi connectivity index (χ1v) is 5.28. The zero-order valence-electron chi connectivity index (χ0n) is 9.62. The van der Waals surface area contributed by atoms with E-state index in [2.05, 4.69) is 11.9 Å². The number of nitrogens with zero attached hydrogens (tertiary/aromatic N) is 2. The molecule has 1 heterocycles. The summed E-state index contributed by atoms with van der Waals surface area (Å²) in [5.74, 6) is -0.0517. The molecule has 4 nitrogen and oxygen atoms in total. The van der Waals surface area contributed by atoms with E-state index >= 15 is 0 Å². The number of imidazole rings is 1. The molecule has 0 fully saturated rings. The smallest absolute Gasteiger partial charge is 0.258 e. The molecule has 4 heteroatoms. The second-order valence-electron chi connectivity index (χ2n) is 3.59. The lowest BCUT2D eigenvalue weighted by atomic mass is 10.3. The highest BCUT2D eigenvalue weighted by molar-refractivity contribution is 5.80. The predicted octanol–water partition coefficient (Wildman–Crippen LogP) is 1.96. The SMILES string of the molecule is CCCCOCC(=O)n1cnc(C)c1C. The Morgan fingerprint density at radius 2 is 2.27 bits per heavy atom. The Kier molecular flexibility index (Phi) is 4.49. The summed E-state index contributed by atoms with van der Waals surface area (Å²) in [6.45, 7) is 6.64. The van der Waals surface area contributed by atoms with Crippen molar-refractivity contribution in [2.24, 2.45) is 0 Å². The first-order valence-electron chi connectivity index (χ1n) is 5.28. The molecule has 0 saturated carbocycles. The van der Waals surface area contributed by atoms with Crippen LogP contribution in [0.2, 0.25) is 0 Å². The van der Waals surface area contributed by atoms with Crippen LogP contribution >= 0.6 is 0 Å². The lowest BCUT2D eigenvalue weighted by Crippen LogP contribution is -2.18. The Balaban J connectivity index is 2.44. The molecule has 0 N–H and O–H groups in total. The highest BCUT2D eigenvalue weighted by Crippen LogP contribution is 2.03. The Hall–Kier alpha value is -1.16. The average molecular weight is 210 g/mol. The fourth-order valence-corrected chi connectivity index (χ4v) is 1.23. The van der Waals surface area contributed by atoms with Crippen molar-refractivity contribution >= 4 is 5.91 Å². The van der Waals surface area contributed by atoms with E-state index in [1.54, 1.807) is 10.9 Å². The van der Waals surface area contributed by atoms with Crippen LogP contribution in [0.15, 0.2) is 6.33 Å². The van der Waals surface area contributed by atoms with Crippen LogP contribution in [-0.4, -0.2) is 28.7 Å². The Morgan fingerprint density at radius 3 is 2.80 bits per heavy atom. The van der Waals surface area contributed by atoms with Gasteiger partial charge in [-0.1, -0.05) is 13.3 Å². The van der Waals surface area contributed by atoms with Crippen LogP contribution in [0.1, 0.15) is 35.9 Å². The summed E-state index contributed by atoms with van der Waals surface area (Å²) in [7, 11) is 0. The predicted molar refractivity (Wildman–Crippen MR) is 58.1 cm³/mol. The van der Waals surface area contributed by atoms with E-state index in [1.165, 1.54) is 0 Å². The molecule has 84 valence electrons. The minimum atomic E-state index is -0.0517. The third kappa shape index (κ3) is 3.16. The van der Waals surface area contributed by atoms with Gasteiger partial charge < -0.3 is 4.74 Å². The fraction of sp³-hybridized carbons (Fsp3) is 0.636. The van der Waals surface area contributed by atoms with Gasteiger partial charge in [0.25, 0.3) is 5.91 Å². The molecule has 0 radical (unpaired) electrons. The maximum Gasteiger partial charge on any atom is 0.258 e. The van der Waals surface area contributed by atoms with E-state index in [9.17, 15) is 4.79 Å². The number of aryl methyl sites for hydroxylation is 1. The Bertz CT molecular complexity index is 331. The van der Waals surface area contributed by atoms with Crippen LogP contribution in [0.4, 0.5) is 0 Å². The van der Waals surface area contributed by atoms with Crippen molar-refractivity contribution < 1.29 is 9.53 Å². The van der Waals surface area contributed by atoms with Gasteiger partial charge in [0, 0.05) is 12.3 Å². The summed E-state index contributed by atoms with van der Waals surface area (Å²) in [4.78, 5) is 15.7. The number of carbonyl (C=O) groups is 1. The molecule has 15 heavy (non-hydrogen) atoms. The van der Waals surface area contributed by atoms with Gasteiger partial charge in [0.1, 0.15) is 12.9 Å². The summed E-state index contributed by atoms with van der Waals surface area (Å²) >= 11 is 0. The molecule has 0 unspecified atom stereocenters. The average Bonchev–Trinajstić information content (AvgIpc) is 2.55. The van der Waals surface area contributed by atoms with Crippen LogP contribution in [0.3, 0.4) is 0 Å². The Labute approximate surface area is 90.3 Å². The fourth-order valence-electron chi connectivity index (χ4n) is 1.23. The third-order valence-electron chi connectivity index (χ3n) is 2.39. The van der Waals surface area contributed by atoms with Gasteiger partial charge in [-0.15, -0.1) is 0 Å². The van der Waals surface area contributed by atoms with Crippen molar-refractivity contribution in [2.75, 3.05) is 13.2 Å². The molecule has 0 spiro atoms. The van der Waals surface area contributed by atoms with E-state index in [4.69, 9.17) is 4.74 Å². The molecule has 1 aromatic rings. The summed E-state index contributed by atoms with van der Waals surface area (Å²) in [6.07, 6.45) is 3.63. The second-order valence-corrected chi connectivity index (χ2v) is 3.59. The van der Waals surface area contributed by atoms with E-state index in [0.29, 0.717) is 6.61 Å². The summed E-state index contributed by atoms with van der Waals surface area (Å²) in [5.41, 5.74) is 1.77. The van der Waals surface area contributed by atoms with E-state index in [-0.39, 0.29) is 12.5 Å². The number of aromatic nitrogens is 2. The molecule has 0 aliphatic carbocycles. The first kappa shape index (κ1) is 11.9. The number of unbranched alkanes of at least 4 members (excludes halogenated alkanes) is 1. The zero-order chi connectivity index (χ0) is 11.3. The largest absolute Gasteiger partial charge is 0.372 e. The zero-order valence-corrected chi connectivity index (χ0v) is 9.62. The van der Waals surface area contributed by atoms with Crippen LogP contribution in [-0.2, 0) is 4.74 Å². The molecule has 0 amide bonds. The van der Waals surface area contributed by atoms with Crippen molar-refractivity contribution in [2.45, 2.75) is 33.6 Å². The van der Waals surface area contributed by atoms with Gasteiger partial charge in [0.2, 0.25) is 0 Å². The normalized spacial score (nSPS) is 10.6. The molecule has 0 aromatic carbocycles. The number of carbonyl (C=O) groups excluding carboxylic acids is 1. The van der Waals surface area contributed by atoms with Crippen molar-refractivity contribution in [3.05, 3.63) is 17.7 Å². The number of rotatable bonds is 5. The van der Waals surface area contributed by atoms with Crippen molar-refractivity contribution in [3.63, 3.8) is 0 Å². The summed E-state index contributed by atoms with van der Waals surface area (Å²) in [5, 5.41) is 0. The van der Waals surface area contributed by atoms with Gasteiger partial charge in [-0.3, -0.25) is 9.36 Å². The van der Waals surface area contributed by atoms with Gasteiger partial charge >= 0.3 is 0 Å². The van der Waals surface area contributed by atoms with Crippen LogP contribution < -0.4 is 0 Å². The van der Waals surface area contributed by atoms with Gasteiger partial charge in [-0.05, 0) is 20.3 Å². The third-order valence-corrected chi connectivity index (χ3v) is 2.39. The van der Waals surface area contributed by atoms with E-state index in [0.717, 1.165) is 24.2 Å². The van der Waals surface area contributed by atoms with E-state index in [1.807, 2.05) is 13.8 Å². The van der Waals surface area contributed by atoms with Gasteiger partial charge in [0.05, 0.1) is 5.69 Å². The maximum absolute atomic E-state index is 11.6. The van der Waals surface area contributed by atoms with Crippen LogP contribution in [0.5, 0.6) is 0 Å². The lowest BCUT2D eigenvalue weighted by Gasteiger charge is -2.04. The Morgan fingerprint density at radius 1 is 1.53 bits per heavy atom. The molecule has 0 aliphatic rings. The summed E-state index contributed by atoms with van der Waals surface area (Å²) in [6, 6.07) is 0. The molecular formula is C11H18N2O2. The molecule has 1 aromatic heterocycles. The lowest BCUT2D eigenvalue weighted by molar-refractivity contribution is 0.0668. The van der Waals surface area contributed by atoms with Crippen molar-refractivity contribution in [3.8, 4) is 0 Å². The minimum absolute atomic E-state index is 0.0517. The molecule has 1 rings (SSSR count). The highest BCUT2D eigenvalue weighted by atomic mass is 16.5. The first-order chi connectivity index (χ1) is 7.16. The maximum atomic E-state index is 11.6. The van der Waals surface area contributed by atoms with Gasteiger partial charge in [-0.2, -0.15) is 0 Å². The molecule has 0 atom stereocenters. The monoisotopic (exact) mass is 210 g/mol. The molecule has 0 saturated heterocycles. The topological polar surface area (TPSA) is 44.1 Å². The highest BCUT2D eigenvalue weighted by Gasteiger charge is 2.09. The molecular weight excluding hydrogens is 192 g/mol.